The van der Waals surface area contributed by atoms with Gasteiger partial charge >= 0.3 is 0 Å². The maximum absolute atomic E-state index is 9.01. The lowest BCUT2D eigenvalue weighted by atomic mass is 10.2. The van der Waals surface area contributed by atoms with Crippen LogP contribution in [0, 0.1) is 0 Å². The molecule has 0 atom stereocenters. The molecule has 4 heteroatoms. The third kappa shape index (κ3) is 4.50. The Morgan fingerprint density at radius 2 is 2.29 bits per heavy atom. The smallest absolute Gasteiger partial charge is 0.123 e. The molecule has 0 heterocycles. The van der Waals surface area contributed by atoms with E-state index in [1.54, 1.807) is 7.11 Å². The van der Waals surface area contributed by atoms with Gasteiger partial charge in [-0.2, -0.15) is 0 Å². The summed E-state index contributed by atoms with van der Waals surface area (Å²) in [4.78, 5) is 2.11. The van der Waals surface area contributed by atoms with Gasteiger partial charge in [0.2, 0.25) is 0 Å². The Morgan fingerprint density at radius 1 is 1.53 bits per heavy atom. The Hall–Kier alpha value is -0.840. The summed E-state index contributed by atoms with van der Waals surface area (Å²) in [5.41, 5.74) is 1.09. The predicted molar refractivity (Wildman–Crippen MR) is 73.3 cm³/mol. The fourth-order valence-electron chi connectivity index (χ4n) is 1.67. The van der Waals surface area contributed by atoms with Crippen LogP contribution in [0.1, 0.15) is 5.56 Å². The molecule has 0 aliphatic heterocycles. The Balaban J connectivity index is 2.82. The quantitative estimate of drug-likeness (QED) is 0.785. The summed E-state index contributed by atoms with van der Waals surface area (Å²) in [7, 11) is 1.66. The van der Waals surface area contributed by atoms with E-state index in [0.29, 0.717) is 6.54 Å². The van der Waals surface area contributed by atoms with E-state index in [4.69, 9.17) is 9.84 Å². The minimum absolute atomic E-state index is 0.143. The molecule has 1 N–H and O–H groups in total. The van der Waals surface area contributed by atoms with Gasteiger partial charge in [0.25, 0.3) is 0 Å². The number of nitrogens with zero attached hydrogens (tertiary/aromatic N) is 1. The number of hydrogen-bond acceptors (Lipinski definition) is 3. The van der Waals surface area contributed by atoms with Crippen molar-refractivity contribution in [2.75, 3.05) is 26.8 Å². The molecule has 0 unspecified atom stereocenters. The summed E-state index contributed by atoms with van der Waals surface area (Å²) in [6.07, 6.45) is 1.83. The van der Waals surface area contributed by atoms with E-state index in [9.17, 15) is 0 Å². The van der Waals surface area contributed by atoms with Gasteiger partial charge in [0.05, 0.1) is 13.7 Å². The Labute approximate surface area is 111 Å². The van der Waals surface area contributed by atoms with Gasteiger partial charge in [0, 0.05) is 29.7 Å². The predicted octanol–water partition coefficient (Wildman–Crippen LogP) is 2.44. The molecule has 0 bridgehead atoms. The normalized spacial score (nSPS) is 10.6. The van der Waals surface area contributed by atoms with Gasteiger partial charge in [-0.05, 0) is 18.2 Å². The van der Waals surface area contributed by atoms with E-state index in [0.717, 1.165) is 28.9 Å². The van der Waals surface area contributed by atoms with Crippen LogP contribution < -0.4 is 4.74 Å². The van der Waals surface area contributed by atoms with Crippen LogP contribution in [-0.2, 0) is 6.54 Å². The lowest BCUT2D eigenvalue weighted by molar-refractivity contribution is 0.202. The number of halogens is 1. The minimum Gasteiger partial charge on any atom is -0.496 e. The Kier molecular flexibility index (Phi) is 6.26. The van der Waals surface area contributed by atoms with Crippen molar-refractivity contribution in [1.29, 1.82) is 0 Å². The molecule has 0 saturated heterocycles. The van der Waals surface area contributed by atoms with Gasteiger partial charge in [0.15, 0.2) is 0 Å². The summed E-state index contributed by atoms with van der Waals surface area (Å²) in [6, 6.07) is 5.92. The molecule has 0 aliphatic rings. The van der Waals surface area contributed by atoms with Crippen molar-refractivity contribution < 1.29 is 9.84 Å². The van der Waals surface area contributed by atoms with Crippen molar-refractivity contribution in [2.24, 2.45) is 0 Å². The molecule has 0 radical (unpaired) electrons. The number of hydrogen-bond donors (Lipinski definition) is 1. The second kappa shape index (κ2) is 7.48. The van der Waals surface area contributed by atoms with E-state index in [1.807, 2.05) is 24.3 Å². The maximum Gasteiger partial charge on any atom is 0.123 e. The number of benzene rings is 1. The summed E-state index contributed by atoms with van der Waals surface area (Å²) in [5, 5.41) is 9.01. The second-order valence-corrected chi connectivity index (χ2v) is 4.62. The zero-order valence-corrected chi connectivity index (χ0v) is 11.6. The van der Waals surface area contributed by atoms with Crippen molar-refractivity contribution in [3.05, 3.63) is 40.9 Å². The SMILES string of the molecule is C=CCN(CCO)Cc1cc(Br)ccc1OC. The Bertz CT molecular complexity index is 368. The summed E-state index contributed by atoms with van der Waals surface area (Å²) in [6.45, 7) is 5.97. The van der Waals surface area contributed by atoms with Crippen molar-refractivity contribution in [1.82, 2.24) is 4.90 Å². The van der Waals surface area contributed by atoms with Gasteiger partial charge in [-0.1, -0.05) is 22.0 Å². The van der Waals surface area contributed by atoms with Gasteiger partial charge < -0.3 is 9.84 Å². The summed E-state index contributed by atoms with van der Waals surface area (Å²) < 4.78 is 6.35. The zero-order valence-electron chi connectivity index (χ0n) is 10.0. The lowest BCUT2D eigenvalue weighted by Gasteiger charge is -2.21. The molecule has 1 rings (SSSR count). The fraction of sp³-hybridized carbons (Fsp3) is 0.385. The first-order valence-electron chi connectivity index (χ1n) is 5.47. The van der Waals surface area contributed by atoms with Crippen LogP contribution in [0.4, 0.5) is 0 Å². The number of aliphatic hydroxyl groups excluding tert-OH is 1. The molecule has 0 aromatic heterocycles. The van der Waals surface area contributed by atoms with E-state index in [-0.39, 0.29) is 6.61 Å². The molecule has 0 amide bonds. The average molecular weight is 300 g/mol. The van der Waals surface area contributed by atoms with Crippen LogP contribution in [0.5, 0.6) is 5.75 Å². The molecule has 0 spiro atoms. The highest BCUT2D eigenvalue weighted by molar-refractivity contribution is 9.10. The molecule has 17 heavy (non-hydrogen) atoms. The number of methoxy groups -OCH3 is 1. The number of aliphatic hydroxyl groups is 1. The first kappa shape index (κ1) is 14.2. The van der Waals surface area contributed by atoms with Crippen molar-refractivity contribution in [3.8, 4) is 5.75 Å². The highest BCUT2D eigenvalue weighted by Gasteiger charge is 2.08. The van der Waals surface area contributed by atoms with Crippen LogP contribution in [0.25, 0.3) is 0 Å². The maximum atomic E-state index is 9.01. The molecule has 0 aliphatic carbocycles. The largest absolute Gasteiger partial charge is 0.496 e. The fourth-order valence-corrected chi connectivity index (χ4v) is 2.08. The van der Waals surface area contributed by atoms with Gasteiger partial charge in [-0.25, -0.2) is 0 Å². The van der Waals surface area contributed by atoms with Gasteiger partial charge in [0.1, 0.15) is 5.75 Å². The number of rotatable bonds is 7. The third-order valence-corrected chi connectivity index (χ3v) is 2.93. The minimum atomic E-state index is 0.143. The van der Waals surface area contributed by atoms with Gasteiger partial charge in [-0.15, -0.1) is 6.58 Å². The molecule has 1 aromatic rings. The second-order valence-electron chi connectivity index (χ2n) is 3.70. The van der Waals surface area contributed by atoms with Crippen LogP contribution in [0.2, 0.25) is 0 Å². The van der Waals surface area contributed by atoms with E-state index in [1.165, 1.54) is 0 Å². The topological polar surface area (TPSA) is 32.7 Å². The summed E-state index contributed by atoms with van der Waals surface area (Å²) >= 11 is 3.45. The lowest BCUT2D eigenvalue weighted by Crippen LogP contribution is -2.26. The first-order valence-corrected chi connectivity index (χ1v) is 6.27. The molecule has 0 saturated carbocycles. The molecule has 3 nitrogen and oxygen atoms in total. The monoisotopic (exact) mass is 299 g/mol. The van der Waals surface area contributed by atoms with E-state index in [2.05, 4.69) is 27.4 Å². The molecular formula is C13H18BrNO2. The van der Waals surface area contributed by atoms with Crippen molar-refractivity contribution in [2.45, 2.75) is 6.54 Å². The van der Waals surface area contributed by atoms with Gasteiger partial charge in [-0.3, -0.25) is 4.90 Å². The Morgan fingerprint density at radius 3 is 2.88 bits per heavy atom. The highest BCUT2D eigenvalue weighted by Crippen LogP contribution is 2.24. The molecule has 0 fully saturated rings. The van der Waals surface area contributed by atoms with Crippen LogP contribution in [0.15, 0.2) is 35.3 Å². The van der Waals surface area contributed by atoms with Crippen LogP contribution >= 0.6 is 15.9 Å². The first-order chi connectivity index (χ1) is 8.21. The highest BCUT2D eigenvalue weighted by atomic mass is 79.9. The van der Waals surface area contributed by atoms with E-state index >= 15 is 0 Å². The average Bonchev–Trinajstić information content (AvgIpc) is 2.30. The molecule has 1 aromatic carbocycles. The van der Waals surface area contributed by atoms with Crippen molar-refractivity contribution in [3.63, 3.8) is 0 Å². The zero-order chi connectivity index (χ0) is 12.7. The molecular weight excluding hydrogens is 282 g/mol. The van der Waals surface area contributed by atoms with E-state index < -0.39 is 0 Å². The van der Waals surface area contributed by atoms with Crippen LogP contribution in [0.3, 0.4) is 0 Å². The standard InChI is InChI=1S/C13H18BrNO2/c1-3-6-15(7-8-16)10-11-9-12(14)4-5-13(11)17-2/h3-5,9,16H,1,6-8,10H2,2H3. The number of ether oxygens (including phenoxy) is 1. The molecule has 94 valence electrons. The van der Waals surface area contributed by atoms with Crippen molar-refractivity contribution >= 4 is 15.9 Å². The summed E-state index contributed by atoms with van der Waals surface area (Å²) in [5.74, 6) is 0.861. The third-order valence-electron chi connectivity index (χ3n) is 2.44. The van der Waals surface area contributed by atoms with Crippen LogP contribution in [-0.4, -0.2) is 36.8 Å².